The van der Waals surface area contributed by atoms with Crippen molar-refractivity contribution in [1.29, 1.82) is 0 Å². The van der Waals surface area contributed by atoms with Crippen LogP contribution in [0.4, 0.5) is 0 Å². The van der Waals surface area contributed by atoms with Crippen LogP contribution in [0.1, 0.15) is 6.42 Å². The molecule has 0 radical (unpaired) electrons. The van der Waals surface area contributed by atoms with E-state index in [0.717, 1.165) is 12.7 Å². The van der Waals surface area contributed by atoms with Crippen LogP contribution in [-0.4, -0.2) is 57.4 Å². The maximum absolute atomic E-state index is 11.4. The lowest BCUT2D eigenvalue weighted by atomic mass is 10.3. The average molecular weight is 220 g/mol. The monoisotopic (exact) mass is 220 g/mol. The third-order valence-electron chi connectivity index (χ3n) is 2.33. The van der Waals surface area contributed by atoms with Crippen LogP contribution in [0.3, 0.4) is 0 Å². The molecular formula is C8H16N2O3S. The number of hydrogen-bond donors (Lipinski definition) is 1. The lowest BCUT2D eigenvalue weighted by Crippen LogP contribution is -2.36. The summed E-state index contributed by atoms with van der Waals surface area (Å²) in [6, 6.07) is 0.304. The van der Waals surface area contributed by atoms with Gasteiger partial charge in [0, 0.05) is 25.4 Å². The number of nitrogens with zero attached hydrogens (tertiary/aromatic N) is 1. The Kier molecular flexibility index (Phi) is 3.49. The molecule has 1 rings (SSSR count). The molecule has 0 spiro atoms. The summed E-state index contributed by atoms with van der Waals surface area (Å²) < 4.78 is 21.8. The van der Waals surface area contributed by atoms with Gasteiger partial charge in [-0.3, -0.25) is 4.79 Å². The van der Waals surface area contributed by atoms with Gasteiger partial charge in [-0.1, -0.05) is 0 Å². The summed E-state index contributed by atoms with van der Waals surface area (Å²) in [5.41, 5.74) is 0. The van der Waals surface area contributed by atoms with Gasteiger partial charge in [0.1, 0.15) is 5.75 Å². The van der Waals surface area contributed by atoms with Crippen LogP contribution in [0.2, 0.25) is 0 Å². The zero-order valence-electron chi connectivity index (χ0n) is 8.49. The smallest absolute Gasteiger partial charge is 0.237 e. The van der Waals surface area contributed by atoms with Gasteiger partial charge in [-0.05, 0) is 13.5 Å². The molecule has 1 atom stereocenters. The first-order valence-corrected chi connectivity index (χ1v) is 6.61. The molecular weight excluding hydrogens is 204 g/mol. The summed E-state index contributed by atoms with van der Waals surface area (Å²) in [7, 11) is -1.35. The number of hydrogen-bond acceptors (Lipinski definition) is 4. The highest BCUT2D eigenvalue weighted by molar-refractivity contribution is 7.91. The van der Waals surface area contributed by atoms with E-state index in [9.17, 15) is 13.2 Å². The second-order valence-electron chi connectivity index (χ2n) is 3.68. The first-order chi connectivity index (χ1) is 6.42. The summed E-state index contributed by atoms with van der Waals surface area (Å²) in [5, 5.41) is 3.07. The van der Waals surface area contributed by atoms with Crippen molar-refractivity contribution in [3.05, 3.63) is 0 Å². The molecule has 0 aromatic rings. The van der Waals surface area contributed by atoms with Gasteiger partial charge in [-0.25, -0.2) is 8.42 Å². The first-order valence-electron chi connectivity index (χ1n) is 4.55. The number of nitrogens with one attached hydrogen (secondary N) is 1. The second kappa shape index (κ2) is 4.27. The minimum Gasteiger partial charge on any atom is -0.340 e. The molecule has 0 saturated carbocycles. The fourth-order valence-electron chi connectivity index (χ4n) is 1.54. The molecule has 1 N–H and O–H groups in total. The fraction of sp³-hybridized carbons (Fsp3) is 0.875. The van der Waals surface area contributed by atoms with Gasteiger partial charge in [-0.15, -0.1) is 0 Å². The van der Waals surface area contributed by atoms with Crippen molar-refractivity contribution in [2.24, 2.45) is 0 Å². The van der Waals surface area contributed by atoms with E-state index in [4.69, 9.17) is 0 Å². The van der Waals surface area contributed by atoms with Gasteiger partial charge in [0.2, 0.25) is 5.91 Å². The standard InChI is InChI=1S/C8H16N2O3S/c1-9-7-3-4-10(5-7)8(11)6-14(2,12)13/h7,9H,3-6H2,1-2H3. The third kappa shape index (κ3) is 3.26. The SMILES string of the molecule is CNC1CCN(C(=O)CS(C)(=O)=O)C1. The topological polar surface area (TPSA) is 66.5 Å². The van der Waals surface area contributed by atoms with E-state index in [1.54, 1.807) is 4.90 Å². The molecule has 1 heterocycles. The Morgan fingerprint density at radius 3 is 2.64 bits per heavy atom. The lowest BCUT2D eigenvalue weighted by Gasteiger charge is -2.15. The van der Waals surface area contributed by atoms with Gasteiger partial charge < -0.3 is 10.2 Å². The maximum Gasteiger partial charge on any atom is 0.237 e. The number of likely N-dealkylation sites (N-methyl/N-ethyl adjacent to an activating group) is 1. The minimum absolute atomic E-state index is 0.287. The quantitative estimate of drug-likeness (QED) is 0.652. The second-order valence-corrected chi connectivity index (χ2v) is 5.82. The van der Waals surface area contributed by atoms with Crippen LogP contribution in [0.15, 0.2) is 0 Å². The molecule has 0 bridgehead atoms. The summed E-state index contributed by atoms with van der Waals surface area (Å²) in [6.07, 6.45) is 1.97. The zero-order valence-corrected chi connectivity index (χ0v) is 9.30. The van der Waals surface area contributed by atoms with E-state index >= 15 is 0 Å². The number of carbonyl (C=O) groups excluding carboxylic acids is 1. The Morgan fingerprint density at radius 2 is 2.21 bits per heavy atom. The Balaban J connectivity index is 2.48. The van der Waals surface area contributed by atoms with Gasteiger partial charge in [0.15, 0.2) is 9.84 Å². The van der Waals surface area contributed by atoms with Gasteiger partial charge in [-0.2, -0.15) is 0 Å². The van der Waals surface area contributed by atoms with E-state index < -0.39 is 9.84 Å². The molecule has 0 aromatic heterocycles. The molecule has 1 saturated heterocycles. The van der Waals surface area contributed by atoms with Gasteiger partial charge >= 0.3 is 0 Å². The van der Waals surface area contributed by atoms with Crippen LogP contribution < -0.4 is 5.32 Å². The Bertz CT molecular complexity index is 313. The molecule has 1 fully saturated rings. The summed E-state index contributed by atoms with van der Waals surface area (Å²) in [5.74, 6) is -0.658. The number of sulfone groups is 1. The predicted molar refractivity (Wildman–Crippen MR) is 53.8 cm³/mol. The number of carbonyl (C=O) groups is 1. The van der Waals surface area contributed by atoms with Crippen LogP contribution in [0.5, 0.6) is 0 Å². The van der Waals surface area contributed by atoms with Crippen molar-refractivity contribution in [1.82, 2.24) is 10.2 Å². The van der Waals surface area contributed by atoms with Crippen molar-refractivity contribution >= 4 is 15.7 Å². The van der Waals surface area contributed by atoms with Crippen LogP contribution in [0.25, 0.3) is 0 Å². The lowest BCUT2D eigenvalue weighted by molar-refractivity contribution is -0.127. The van der Waals surface area contributed by atoms with Crippen molar-refractivity contribution in [3.8, 4) is 0 Å². The zero-order chi connectivity index (χ0) is 10.8. The Morgan fingerprint density at radius 1 is 1.57 bits per heavy atom. The fourth-order valence-corrected chi connectivity index (χ4v) is 2.17. The summed E-state index contributed by atoms with van der Waals surface area (Å²) in [6.45, 7) is 1.27. The average Bonchev–Trinajstić information content (AvgIpc) is 2.48. The van der Waals surface area contributed by atoms with Crippen molar-refractivity contribution in [3.63, 3.8) is 0 Å². The highest BCUT2D eigenvalue weighted by Gasteiger charge is 2.26. The molecule has 0 aliphatic carbocycles. The summed E-state index contributed by atoms with van der Waals surface area (Å²) in [4.78, 5) is 13.0. The summed E-state index contributed by atoms with van der Waals surface area (Å²) >= 11 is 0. The Labute approximate surface area is 84.4 Å². The van der Waals surface area contributed by atoms with E-state index in [0.29, 0.717) is 19.1 Å². The van der Waals surface area contributed by atoms with Crippen LogP contribution in [0, 0.1) is 0 Å². The minimum atomic E-state index is -3.20. The van der Waals surface area contributed by atoms with E-state index in [-0.39, 0.29) is 11.7 Å². The molecule has 1 aliphatic rings. The highest BCUT2D eigenvalue weighted by Crippen LogP contribution is 2.09. The molecule has 14 heavy (non-hydrogen) atoms. The number of likely N-dealkylation sites (tertiary alicyclic amines) is 1. The van der Waals surface area contributed by atoms with Gasteiger partial charge in [0.25, 0.3) is 0 Å². The van der Waals surface area contributed by atoms with Crippen LogP contribution >= 0.6 is 0 Å². The van der Waals surface area contributed by atoms with E-state index in [1.165, 1.54) is 0 Å². The maximum atomic E-state index is 11.4. The van der Waals surface area contributed by atoms with Gasteiger partial charge in [0.05, 0.1) is 0 Å². The molecule has 82 valence electrons. The number of amides is 1. The number of rotatable bonds is 3. The molecule has 1 aliphatic heterocycles. The molecule has 0 aromatic carbocycles. The molecule has 1 unspecified atom stereocenters. The Hall–Kier alpha value is -0.620. The van der Waals surface area contributed by atoms with Crippen LogP contribution in [-0.2, 0) is 14.6 Å². The highest BCUT2D eigenvalue weighted by atomic mass is 32.2. The predicted octanol–water partition coefficient (Wildman–Crippen LogP) is -1.15. The molecule has 5 nitrogen and oxygen atoms in total. The van der Waals surface area contributed by atoms with Crippen molar-refractivity contribution in [2.75, 3.05) is 32.1 Å². The third-order valence-corrected chi connectivity index (χ3v) is 3.11. The largest absolute Gasteiger partial charge is 0.340 e. The molecule has 6 heteroatoms. The normalized spacial score (nSPS) is 22.7. The molecule has 1 amide bonds. The van der Waals surface area contributed by atoms with E-state index in [1.807, 2.05) is 7.05 Å². The van der Waals surface area contributed by atoms with E-state index in [2.05, 4.69) is 5.32 Å². The first kappa shape index (κ1) is 11.5. The van der Waals surface area contributed by atoms with Crippen molar-refractivity contribution in [2.45, 2.75) is 12.5 Å². The van der Waals surface area contributed by atoms with Crippen molar-refractivity contribution < 1.29 is 13.2 Å².